The van der Waals surface area contributed by atoms with Crippen molar-refractivity contribution in [1.29, 1.82) is 0 Å². The summed E-state index contributed by atoms with van der Waals surface area (Å²) in [6.45, 7) is 2.23. The van der Waals surface area contributed by atoms with Crippen molar-refractivity contribution in [2.75, 3.05) is 5.75 Å². The Morgan fingerprint density at radius 2 is 1.26 bits per heavy atom. The van der Waals surface area contributed by atoms with Crippen LogP contribution in [0.25, 0.3) is 0 Å². The number of para-hydroxylation sites is 1. The minimum atomic E-state index is -3.44. The van der Waals surface area contributed by atoms with Gasteiger partial charge in [0.2, 0.25) is 0 Å². The maximum atomic E-state index is 11.8. The molecule has 0 aliphatic heterocycles. The van der Waals surface area contributed by atoms with E-state index in [0.717, 1.165) is 12.8 Å². The molecule has 5 heteroatoms. The molecule has 0 aliphatic carbocycles. The quantitative estimate of drug-likeness (QED) is 0.295. The van der Waals surface area contributed by atoms with Crippen LogP contribution in [0.15, 0.2) is 30.3 Å². The van der Waals surface area contributed by atoms with Gasteiger partial charge in [0.25, 0.3) is 0 Å². The van der Waals surface area contributed by atoms with Crippen molar-refractivity contribution >= 4 is 39.7 Å². The van der Waals surface area contributed by atoms with Crippen LogP contribution in [0.2, 0.25) is 0 Å². The number of unbranched alkanes of at least 4 members (excludes halogenated alkanes) is 9. The van der Waals surface area contributed by atoms with Gasteiger partial charge < -0.3 is 4.18 Å². The Kier molecular flexibility index (Phi) is 14.3. The molecule has 0 bridgehead atoms. The molecule has 0 atom stereocenters. The van der Waals surface area contributed by atoms with E-state index in [0.29, 0.717) is 12.2 Å². The van der Waals surface area contributed by atoms with Gasteiger partial charge in [0.05, 0.1) is 5.75 Å². The van der Waals surface area contributed by atoms with Crippen molar-refractivity contribution in [1.82, 2.24) is 0 Å². The first-order chi connectivity index (χ1) is 10.6. The van der Waals surface area contributed by atoms with Gasteiger partial charge in [0, 0.05) is 0 Å². The zero-order valence-corrected chi connectivity index (χ0v) is 14.6. The van der Waals surface area contributed by atoms with Crippen LogP contribution in [-0.2, 0) is 10.1 Å². The first-order valence-electron chi connectivity index (χ1n) is 8.61. The van der Waals surface area contributed by atoms with Crippen molar-refractivity contribution in [2.45, 2.75) is 71.1 Å². The van der Waals surface area contributed by atoms with Crippen molar-refractivity contribution in [3.63, 3.8) is 0 Å². The molecule has 0 aliphatic rings. The fourth-order valence-corrected chi connectivity index (χ4v) is 3.48. The Hall–Kier alpha value is -0.0300. The number of rotatable bonds is 13. The van der Waals surface area contributed by atoms with Crippen LogP contribution in [0.3, 0.4) is 0 Å². The topological polar surface area (TPSA) is 43.4 Å². The van der Waals surface area contributed by atoms with Crippen LogP contribution >= 0.6 is 0 Å². The van der Waals surface area contributed by atoms with Gasteiger partial charge in [0.1, 0.15) is 5.75 Å². The molecule has 0 amide bonds. The normalized spacial score (nSPS) is 11.0. The molecule has 0 aromatic heterocycles. The summed E-state index contributed by atoms with van der Waals surface area (Å²) < 4.78 is 28.7. The van der Waals surface area contributed by atoms with Gasteiger partial charge in [-0.15, -0.1) is 0 Å². The maximum absolute atomic E-state index is 11.8. The van der Waals surface area contributed by atoms with E-state index in [9.17, 15) is 8.42 Å². The van der Waals surface area contributed by atoms with Crippen LogP contribution in [0.5, 0.6) is 5.75 Å². The molecule has 0 radical (unpaired) electrons. The van der Waals surface area contributed by atoms with E-state index in [4.69, 9.17) is 4.18 Å². The Bertz CT molecular complexity index is 474. The van der Waals surface area contributed by atoms with Gasteiger partial charge in [-0.25, -0.2) is 0 Å². The van der Waals surface area contributed by atoms with Gasteiger partial charge in [-0.1, -0.05) is 82.9 Å². The number of benzene rings is 1. The van der Waals surface area contributed by atoms with Crippen LogP contribution in [0.4, 0.5) is 0 Å². The third-order valence-corrected chi connectivity index (χ3v) is 4.95. The summed E-state index contributed by atoms with van der Waals surface area (Å²) in [6, 6.07) is 8.70. The molecule has 1 aromatic rings. The third-order valence-electron chi connectivity index (χ3n) is 3.71. The van der Waals surface area contributed by atoms with Gasteiger partial charge in [-0.05, 0) is 18.6 Å². The molecule has 0 unspecified atom stereocenters. The molecule has 23 heavy (non-hydrogen) atoms. The Labute approximate surface area is 164 Å². The van der Waals surface area contributed by atoms with Gasteiger partial charge >= 0.3 is 39.7 Å². The second-order valence-electron chi connectivity index (χ2n) is 5.84. The van der Waals surface area contributed by atoms with E-state index in [2.05, 4.69) is 6.92 Å². The molecule has 0 saturated heterocycles. The fourth-order valence-electron chi connectivity index (χ4n) is 2.43. The minimum absolute atomic E-state index is 0. The first kappa shape index (κ1) is 23.0. The monoisotopic (exact) mass is 350 g/mol. The molecule has 0 spiro atoms. The summed E-state index contributed by atoms with van der Waals surface area (Å²) in [5.41, 5.74) is 0. The van der Waals surface area contributed by atoms with Gasteiger partial charge in [0.15, 0.2) is 0 Å². The van der Waals surface area contributed by atoms with Crippen LogP contribution in [0, 0.1) is 0 Å². The Morgan fingerprint density at radius 1 is 0.783 bits per heavy atom. The van der Waals surface area contributed by atoms with E-state index in [1.165, 1.54) is 44.9 Å². The predicted octanol–water partition coefficient (Wildman–Crippen LogP) is 4.67. The first-order valence-corrected chi connectivity index (χ1v) is 10.2. The summed E-state index contributed by atoms with van der Waals surface area (Å²) in [6.07, 6.45) is 11.9. The molecular weight excluding hydrogens is 319 g/mol. The van der Waals surface area contributed by atoms with E-state index in [-0.39, 0.29) is 35.3 Å². The second-order valence-corrected chi connectivity index (χ2v) is 7.53. The SMILES string of the molecule is CCCCCCCCCCCCS(=O)(=O)Oc1ccccc1.[NaH]. The summed E-state index contributed by atoms with van der Waals surface area (Å²) >= 11 is 0. The van der Waals surface area contributed by atoms with Crippen LogP contribution in [0.1, 0.15) is 71.1 Å². The van der Waals surface area contributed by atoms with Gasteiger partial charge in [-0.2, -0.15) is 8.42 Å². The molecule has 0 saturated carbocycles. The van der Waals surface area contributed by atoms with Crippen molar-refractivity contribution in [3.05, 3.63) is 30.3 Å². The summed E-state index contributed by atoms with van der Waals surface area (Å²) in [5.74, 6) is 0.507. The van der Waals surface area contributed by atoms with E-state index >= 15 is 0 Å². The zero-order valence-electron chi connectivity index (χ0n) is 13.8. The van der Waals surface area contributed by atoms with Crippen LogP contribution in [-0.4, -0.2) is 43.7 Å². The second kappa shape index (κ2) is 14.3. The third kappa shape index (κ3) is 13.0. The fraction of sp³-hybridized carbons (Fsp3) is 0.667. The summed E-state index contributed by atoms with van der Waals surface area (Å²) in [4.78, 5) is 0. The molecule has 128 valence electrons. The van der Waals surface area contributed by atoms with E-state index in [1.807, 2.05) is 6.07 Å². The Balaban J connectivity index is 0.00000484. The zero-order chi connectivity index (χ0) is 16.1. The predicted molar refractivity (Wildman–Crippen MR) is 99.8 cm³/mol. The standard InChI is InChI=1S/C18H30O3S.Na.H/c1-2-3-4-5-6-7-8-9-10-14-17-22(19,20)21-18-15-12-11-13-16-18;;/h11-13,15-16H,2-10,14,17H2,1H3;;. The average Bonchev–Trinajstić information content (AvgIpc) is 2.49. The molecule has 0 fully saturated rings. The molecule has 0 heterocycles. The van der Waals surface area contributed by atoms with Crippen molar-refractivity contribution in [2.24, 2.45) is 0 Å². The van der Waals surface area contributed by atoms with Crippen LogP contribution < -0.4 is 4.18 Å². The van der Waals surface area contributed by atoms with E-state index in [1.54, 1.807) is 24.3 Å². The molecule has 1 rings (SSSR count). The molecule has 1 aromatic carbocycles. The molecular formula is C18H31NaO3S. The van der Waals surface area contributed by atoms with Crippen molar-refractivity contribution < 1.29 is 12.6 Å². The summed E-state index contributed by atoms with van der Waals surface area (Å²) in [7, 11) is -3.44. The van der Waals surface area contributed by atoms with E-state index < -0.39 is 10.1 Å². The van der Waals surface area contributed by atoms with Crippen molar-refractivity contribution in [3.8, 4) is 5.75 Å². The number of hydrogen-bond donors (Lipinski definition) is 0. The molecule has 3 nitrogen and oxygen atoms in total. The number of hydrogen-bond acceptors (Lipinski definition) is 3. The average molecular weight is 350 g/mol. The Morgan fingerprint density at radius 3 is 1.78 bits per heavy atom. The van der Waals surface area contributed by atoms with Gasteiger partial charge in [-0.3, -0.25) is 0 Å². The summed E-state index contributed by atoms with van der Waals surface area (Å²) in [5, 5.41) is 0. The molecule has 0 N–H and O–H groups in total.